The summed E-state index contributed by atoms with van der Waals surface area (Å²) >= 11 is 0. The molecular weight excluding hydrogens is 294 g/mol. The van der Waals surface area contributed by atoms with Crippen molar-refractivity contribution in [3.8, 4) is 0 Å². The minimum Gasteiger partial charge on any atom is -0.396 e. The molecule has 0 aliphatic rings. The van der Waals surface area contributed by atoms with E-state index in [1.54, 1.807) is 0 Å². The average Bonchev–Trinajstić information content (AvgIpc) is 2.53. The first kappa shape index (κ1) is 23.9. The zero-order chi connectivity index (χ0) is 18.0. The summed E-state index contributed by atoms with van der Waals surface area (Å²) in [7, 11) is 0. The number of unbranched alkanes of at least 4 members (excludes halogenated alkanes) is 9. The number of aliphatic hydroxyl groups is 1. The van der Waals surface area contributed by atoms with Crippen LogP contribution in [-0.2, 0) is 0 Å². The Balaban J connectivity index is 3.56. The molecule has 0 saturated heterocycles. The van der Waals surface area contributed by atoms with Crippen molar-refractivity contribution in [3.05, 3.63) is 0 Å². The zero-order valence-electron chi connectivity index (χ0n) is 17.4. The van der Waals surface area contributed by atoms with Gasteiger partial charge < -0.3 is 10.0 Å². The lowest BCUT2D eigenvalue weighted by molar-refractivity contribution is 0.184. The van der Waals surface area contributed by atoms with Crippen LogP contribution in [-0.4, -0.2) is 36.2 Å². The molecule has 0 spiro atoms. The molecule has 0 aliphatic carbocycles. The Bertz CT molecular complexity index is 242. The summed E-state index contributed by atoms with van der Waals surface area (Å²) in [5.74, 6) is 1.50. The zero-order valence-corrected chi connectivity index (χ0v) is 17.4. The van der Waals surface area contributed by atoms with E-state index >= 15 is 0 Å². The summed E-state index contributed by atoms with van der Waals surface area (Å²) in [5.41, 5.74) is 0. The van der Waals surface area contributed by atoms with Gasteiger partial charge in [-0.1, -0.05) is 91.9 Å². The van der Waals surface area contributed by atoms with E-state index in [0.717, 1.165) is 18.9 Å². The minimum absolute atomic E-state index is 0.321. The van der Waals surface area contributed by atoms with Crippen LogP contribution in [0.3, 0.4) is 0 Å². The third-order valence-electron chi connectivity index (χ3n) is 4.88. The quantitative estimate of drug-likeness (QED) is 0.297. The van der Waals surface area contributed by atoms with Crippen molar-refractivity contribution in [2.45, 2.75) is 105 Å². The van der Waals surface area contributed by atoms with Crippen LogP contribution in [0.25, 0.3) is 0 Å². The highest BCUT2D eigenvalue weighted by atomic mass is 16.3. The van der Waals surface area contributed by atoms with Crippen molar-refractivity contribution in [3.63, 3.8) is 0 Å². The Hall–Kier alpha value is -0.0800. The molecule has 24 heavy (non-hydrogen) atoms. The number of rotatable bonds is 18. The summed E-state index contributed by atoms with van der Waals surface area (Å²) in [4.78, 5) is 2.56. The van der Waals surface area contributed by atoms with Crippen molar-refractivity contribution in [2.75, 3.05) is 26.2 Å². The summed E-state index contributed by atoms with van der Waals surface area (Å²) in [6.45, 7) is 13.0. The fourth-order valence-electron chi connectivity index (χ4n) is 3.58. The van der Waals surface area contributed by atoms with E-state index in [1.807, 2.05) is 0 Å². The van der Waals surface area contributed by atoms with Gasteiger partial charge in [-0.3, -0.25) is 0 Å². The molecule has 0 fully saturated rings. The highest BCUT2D eigenvalue weighted by Gasteiger charge is 2.11. The number of hydrogen-bond donors (Lipinski definition) is 1. The largest absolute Gasteiger partial charge is 0.396 e. The van der Waals surface area contributed by atoms with Crippen molar-refractivity contribution in [1.29, 1.82) is 0 Å². The normalized spacial score (nSPS) is 13.1. The predicted octanol–water partition coefficient (Wildman–Crippen LogP) is 6.27. The van der Waals surface area contributed by atoms with Gasteiger partial charge in [0.05, 0.1) is 0 Å². The van der Waals surface area contributed by atoms with E-state index in [1.165, 1.54) is 83.7 Å². The molecule has 0 rings (SSSR count). The van der Waals surface area contributed by atoms with Crippen molar-refractivity contribution < 1.29 is 5.11 Å². The van der Waals surface area contributed by atoms with Crippen LogP contribution in [0.4, 0.5) is 0 Å². The summed E-state index contributed by atoms with van der Waals surface area (Å²) in [5, 5.41) is 9.06. The number of hydrogen-bond acceptors (Lipinski definition) is 2. The van der Waals surface area contributed by atoms with Crippen LogP contribution in [0.5, 0.6) is 0 Å². The Morgan fingerprint density at radius 1 is 0.708 bits per heavy atom. The lowest BCUT2D eigenvalue weighted by atomic mass is 10.00. The van der Waals surface area contributed by atoms with E-state index in [4.69, 9.17) is 5.11 Å². The first-order chi connectivity index (χ1) is 11.6. The van der Waals surface area contributed by atoms with Gasteiger partial charge in [0, 0.05) is 26.2 Å². The van der Waals surface area contributed by atoms with Gasteiger partial charge >= 0.3 is 0 Å². The Morgan fingerprint density at radius 2 is 1.25 bits per heavy atom. The molecule has 146 valence electrons. The molecular formula is C22H47NO. The van der Waals surface area contributed by atoms with Crippen LogP contribution in [0.15, 0.2) is 0 Å². The average molecular weight is 342 g/mol. The summed E-state index contributed by atoms with van der Waals surface area (Å²) in [6, 6.07) is 0. The molecule has 0 aromatic carbocycles. The fraction of sp³-hybridized carbons (Fsp3) is 1.00. The lowest BCUT2D eigenvalue weighted by Crippen LogP contribution is -2.33. The maximum absolute atomic E-state index is 9.06. The van der Waals surface area contributed by atoms with Gasteiger partial charge in [-0.15, -0.1) is 0 Å². The third-order valence-corrected chi connectivity index (χ3v) is 4.88. The number of nitrogens with zero attached hydrogens (tertiary/aromatic N) is 1. The summed E-state index contributed by atoms with van der Waals surface area (Å²) < 4.78 is 0. The van der Waals surface area contributed by atoms with Gasteiger partial charge in [-0.05, 0) is 24.7 Å². The topological polar surface area (TPSA) is 23.5 Å². The molecule has 2 nitrogen and oxygen atoms in total. The molecule has 1 N–H and O–H groups in total. The Morgan fingerprint density at radius 3 is 1.75 bits per heavy atom. The van der Waals surface area contributed by atoms with E-state index in [0.29, 0.717) is 12.5 Å². The van der Waals surface area contributed by atoms with Crippen LogP contribution in [0.2, 0.25) is 0 Å². The van der Waals surface area contributed by atoms with Crippen LogP contribution in [0.1, 0.15) is 105 Å². The standard InChI is InChI=1S/C22H47NO/c1-5-6-7-8-9-10-11-12-13-14-16-22(4)20-23(17-15-18-24)19-21(2)3/h21-22,24H,5-20H2,1-4H3. The molecule has 0 aromatic rings. The molecule has 0 radical (unpaired) electrons. The molecule has 0 amide bonds. The van der Waals surface area contributed by atoms with Gasteiger partial charge in [0.25, 0.3) is 0 Å². The molecule has 0 aromatic heterocycles. The maximum atomic E-state index is 9.06. The van der Waals surface area contributed by atoms with E-state index in [-0.39, 0.29) is 0 Å². The first-order valence-electron chi connectivity index (χ1n) is 10.9. The molecule has 2 heteroatoms. The second-order valence-electron chi connectivity index (χ2n) is 8.31. The van der Waals surface area contributed by atoms with Crippen molar-refractivity contribution in [1.82, 2.24) is 4.90 Å². The van der Waals surface area contributed by atoms with Crippen LogP contribution < -0.4 is 0 Å². The van der Waals surface area contributed by atoms with Gasteiger partial charge in [-0.2, -0.15) is 0 Å². The van der Waals surface area contributed by atoms with E-state index in [2.05, 4.69) is 32.6 Å². The highest BCUT2D eigenvalue weighted by molar-refractivity contribution is 4.65. The van der Waals surface area contributed by atoms with Gasteiger partial charge in [-0.25, -0.2) is 0 Å². The van der Waals surface area contributed by atoms with Crippen LogP contribution >= 0.6 is 0 Å². The van der Waals surface area contributed by atoms with E-state index in [9.17, 15) is 0 Å². The fourth-order valence-corrected chi connectivity index (χ4v) is 3.58. The van der Waals surface area contributed by atoms with Crippen molar-refractivity contribution in [2.24, 2.45) is 11.8 Å². The smallest absolute Gasteiger partial charge is 0.0443 e. The van der Waals surface area contributed by atoms with Gasteiger partial charge in [0.1, 0.15) is 0 Å². The van der Waals surface area contributed by atoms with Crippen LogP contribution in [0, 0.1) is 11.8 Å². The molecule has 0 heterocycles. The second-order valence-corrected chi connectivity index (χ2v) is 8.31. The SMILES string of the molecule is CCCCCCCCCCCCC(C)CN(CCCO)CC(C)C. The third kappa shape index (κ3) is 16.8. The molecule has 0 aliphatic heterocycles. The molecule has 1 unspecified atom stereocenters. The summed E-state index contributed by atoms with van der Waals surface area (Å²) in [6.07, 6.45) is 16.5. The minimum atomic E-state index is 0.321. The van der Waals surface area contributed by atoms with Crippen molar-refractivity contribution >= 4 is 0 Å². The van der Waals surface area contributed by atoms with E-state index < -0.39 is 0 Å². The predicted molar refractivity (Wildman–Crippen MR) is 109 cm³/mol. The molecule has 0 saturated carbocycles. The van der Waals surface area contributed by atoms with Gasteiger partial charge in [0.15, 0.2) is 0 Å². The Labute approximate surface area is 153 Å². The molecule has 0 bridgehead atoms. The first-order valence-corrected chi connectivity index (χ1v) is 10.9. The monoisotopic (exact) mass is 341 g/mol. The van der Waals surface area contributed by atoms with Gasteiger partial charge in [0.2, 0.25) is 0 Å². The second kappa shape index (κ2) is 17.7. The maximum Gasteiger partial charge on any atom is 0.0443 e. The number of aliphatic hydroxyl groups excluding tert-OH is 1. The highest BCUT2D eigenvalue weighted by Crippen LogP contribution is 2.15. The molecule has 1 atom stereocenters. The Kier molecular flexibility index (Phi) is 17.7. The lowest BCUT2D eigenvalue weighted by Gasteiger charge is -2.27.